The fraction of sp³-hybridized carbons (Fsp3) is 0.185. The number of aromatic amines is 1. The van der Waals surface area contributed by atoms with Gasteiger partial charge in [0.2, 0.25) is 21.5 Å². The van der Waals surface area contributed by atoms with E-state index >= 15 is 0 Å². The number of carbonyl (C=O) groups excluding carboxylic acids is 1. The fourth-order valence-electron chi connectivity index (χ4n) is 3.89. The van der Waals surface area contributed by atoms with Crippen LogP contribution in [0.3, 0.4) is 0 Å². The van der Waals surface area contributed by atoms with Gasteiger partial charge in [0.15, 0.2) is 0 Å². The van der Waals surface area contributed by atoms with E-state index in [0.717, 1.165) is 5.56 Å². The summed E-state index contributed by atoms with van der Waals surface area (Å²) < 4.78 is 29.5. The van der Waals surface area contributed by atoms with Crippen molar-refractivity contribution in [3.63, 3.8) is 0 Å². The molecule has 35 heavy (non-hydrogen) atoms. The van der Waals surface area contributed by atoms with Gasteiger partial charge < -0.3 is 9.88 Å². The third-order valence-corrected chi connectivity index (χ3v) is 7.18. The summed E-state index contributed by atoms with van der Waals surface area (Å²) in [7, 11) is -4.08. The average Bonchev–Trinajstić information content (AvgIpc) is 2.86. The molecule has 1 aromatic heterocycles. The van der Waals surface area contributed by atoms with Crippen LogP contribution in [0.2, 0.25) is 0 Å². The second kappa shape index (κ2) is 10.2. The predicted molar refractivity (Wildman–Crippen MR) is 136 cm³/mol. The molecule has 1 amide bonds. The molecule has 0 saturated heterocycles. The van der Waals surface area contributed by atoms with E-state index in [-0.39, 0.29) is 22.4 Å². The molecule has 7 nitrogen and oxygen atoms in total. The van der Waals surface area contributed by atoms with Crippen LogP contribution in [0.5, 0.6) is 0 Å². The molecule has 0 fully saturated rings. The number of nitrogens with one attached hydrogen (secondary N) is 2. The van der Waals surface area contributed by atoms with E-state index in [9.17, 15) is 18.0 Å². The smallest absolute Gasteiger partial charge is 0.248 e. The van der Waals surface area contributed by atoms with E-state index in [1.807, 2.05) is 50.2 Å². The van der Waals surface area contributed by atoms with Gasteiger partial charge in [0.05, 0.1) is 4.90 Å². The lowest BCUT2D eigenvalue weighted by Gasteiger charge is -2.31. The number of carbonyl (C=O) groups is 1. The van der Waals surface area contributed by atoms with E-state index in [2.05, 4.69) is 9.71 Å². The SMILES string of the molecule is CC(C)N(Cc1ccccc1)C(=O)[C@H](NS(=O)(=O)c1ccc2[nH]c(=O)ccc2c1)c1ccccc1. The quantitative estimate of drug-likeness (QED) is 0.391. The van der Waals surface area contributed by atoms with Crippen LogP contribution in [0, 0.1) is 0 Å². The Hall–Kier alpha value is -3.75. The molecule has 180 valence electrons. The number of sulfonamides is 1. The number of fused-ring (bicyclic) bond motifs is 1. The van der Waals surface area contributed by atoms with Crippen molar-refractivity contribution in [3.05, 3.63) is 112 Å². The van der Waals surface area contributed by atoms with Crippen molar-refractivity contribution in [1.29, 1.82) is 0 Å². The lowest BCUT2D eigenvalue weighted by Crippen LogP contribution is -2.45. The highest BCUT2D eigenvalue weighted by atomic mass is 32.2. The number of hydrogen-bond acceptors (Lipinski definition) is 4. The molecular formula is C27H27N3O4S. The van der Waals surface area contributed by atoms with Crippen LogP contribution in [-0.2, 0) is 21.4 Å². The van der Waals surface area contributed by atoms with Crippen LogP contribution in [0.15, 0.2) is 101 Å². The molecule has 0 aliphatic rings. The zero-order valence-electron chi connectivity index (χ0n) is 19.5. The topological polar surface area (TPSA) is 99.3 Å². The van der Waals surface area contributed by atoms with E-state index < -0.39 is 16.1 Å². The molecular weight excluding hydrogens is 462 g/mol. The Morgan fingerprint density at radius 2 is 1.57 bits per heavy atom. The Morgan fingerprint density at radius 1 is 0.914 bits per heavy atom. The normalized spacial score (nSPS) is 12.5. The summed E-state index contributed by atoms with van der Waals surface area (Å²) >= 11 is 0. The van der Waals surface area contributed by atoms with Crippen molar-refractivity contribution in [2.45, 2.75) is 37.4 Å². The molecule has 0 bridgehead atoms. The molecule has 0 aliphatic carbocycles. The van der Waals surface area contributed by atoms with Gasteiger partial charge in [-0.2, -0.15) is 4.72 Å². The van der Waals surface area contributed by atoms with Gasteiger partial charge in [0.25, 0.3) is 0 Å². The first-order valence-corrected chi connectivity index (χ1v) is 12.8. The molecule has 1 heterocycles. The molecule has 0 aliphatic heterocycles. The minimum atomic E-state index is -4.08. The molecule has 0 saturated carbocycles. The third kappa shape index (κ3) is 5.67. The second-order valence-electron chi connectivity index (χ2n) is 8.58. The van der Waals surface area contributed by atoms with Gasteiger partial charge in [-0.25, -0.2) is 8.42 Å². The summed E-state index contributed by atoms with van der Waals surface area (Å²) in [5.74, 6) is -0.344. The first-order chi connectivity index (χ1) is 16.7. The number of amides is 1. The highest BCUT2D eigenvalue weighted by molar-refractivity contribution is 7.89. The number of hydrogen-bond donors (Lipinski definition) is 2. The van der Waals surface area contributed by atoms with Gasteiger partial charge >= 0.3 is 0 Å². The van der Waals surface area contributed by atoms with Gasteiger partial charge in [0, 0.05) is 24.2 Å². The van der Waals surface area contributed by atoms with Crippen LogP contribution in [0.1, 0.15) is 31.0 Å². The molecule has 8 heteroatoms. The zero-order valence-corrected chi connectivity index (χ0v) is 20.3. The Kier molecular flexibility index (Phi) is 7.14. The molecule has 0 radical (unpaired) electrons. The van der Waals surface area contributed by atoms with Gasteiger partial charge in [-0.15, -0.1) is 0 Å². The number of nitrogens with zero attached hydrogens (tertiary/aromatic N) is 1. The standard InChI is InChI=1S/C27H27N3O4S/c1-19(2)30(18-20-9-5-3-6-10-20)27(32)26(21-11-7-4-8-12-21)29-35(33,34)23-14-15-24-22(17-23)13-16-25(31)28-24/h3-17,19,26,29H,18H2,1-2H3,(H,28,31)/t26-/m1/s1. The molecule has 2 N–H and O–H groups in total. The van der Waals surface area contributed by atoms with Gasteiger partial charge in [0.1, 0.15) is 6.04 Å². The van der Waals surface area contributed by atoms with Gasteiger partial charge in [-0.05, 0) is 54.6 Å². The number of aromatic nitrogens is 1. The largest absolute Gasteiger partial charge is 0.334 e. The Labute approximate surface area is 204 Å². The van der Waals surface area contributed by atoms with Crippen molar-refractivity contribution in [3.8, 4) is 0 Å². The number of rotatable bonds is 8. The summed E-state index contributed by atoms with van der Waals surface area (Å²) in [4.78, 5) is 29.7. The maximum absolute atomic E-state index is 13.8. The Bertz CT molecular complexity index is 1480. The van der Waals surface area contributed by atoms with Crippen LogP contribution in [0.25, 0.3) is 10.9 Å². The van der Waals surface area contributed by atoms with E-state index in [1.54, 1.807) is 41.3 Å². The molecule has 4 rings (SSSR count). The minimum absolute atomic E-state index is 0.00457. The van der Waals surface area contributed by atoms with Gasteiger partial charge in [-0.3, -0.25) is 9.59 Å². The van der Waals surface area contributed by atoms with Crippen molar-refractivity contribution < 1.29 is 13.2 Å². The molecule has 0 unspecified atom stereocenters. The third-order valence-electron chi connectivity index (χ3n) is 5.76. The Balaban J connectivity index is 1.70. The summed E-state index contributed by atoms with van der Waals surface area (Å²) in [6.07, 6.45) is 0. The fourth-order valence-corrected chi connectivity index (χ4v) is 5.10. The maximum atomic E-state index is 13.8. The van der Waals surface area contributed by atoms with E-state index in [1.165, 1.54) is 18.2 Å². The van der Waals surface area contributed by atoms with E-state index in [4.69, 9.17) is 0 Å². The van der Waals surface area contributed by atoms with Crippen LogP contribution < -0.4 is 10.3 Å². The lowest BCUT2D eigenvalue weighted by molar-refractivity contribution is -0.135. The second-order valence-corrected chi connectivity index (χ2v) is 10.3. The first kappa shape index (κ1) is 24.4. The van der Waals surface area contributed by atoms with Crippen LogP contribution >= 0.6 is 0 Å². The monoisotopic (exact) mass is 489 g/mol. The summed E-state index contributed by atoms with van der Waals surface area (Å²) in [6.45, 7) is 4.16. The van der Waals surface area contributed by atoms with Crippen LogP contribution in [-0.4, -0.2) is 30.3 Å². The summed E-state index contributed by atoms with van der Waals surface area (Å²) in [5.41, 5.74) is 1.76. The predicted octanol–water partition coefficient (Wildman–Crippen LogP) is 3.98. The maximum Gasteiger partial charge on any atom is 0.248 e. The first-order valence-electron chi connectivity index (χ1n) is 11.3. The number of benzene rings is 3. The molecule has 4 aromatic rings. The average molecular weight is 490 g/mol. The van der Waals surface area contributed by atoms with Crippen molar-refractivity contribution in [2.24, 2.45) is 0 Å². The molecule has 0 spiro atoms. The highest BCUT2D eigenvalue weighted by Gasteiger charge is 2.32. The van der Waals surface area contributed by atoms with Crippen molar-refractivity contribution in [1.82, 2.24) is 14.6 Å². The molecule has 1 atom stereocenters. The van der Waals surface area contributed by atoms with Crippen molar-refractivity contribution in [2.75, 3.05) is 0 Å². The van der Waals surface area contributed by atoms with Crippen molar-refractivity contribution >= 4 is 26.8 Å². The lowest BCUT2D eigenvalue weighted by atomic mass is 10.1. The van der Waals surface area contributed by atoms with Crippen LogP contribution in [0.4, 0.5) is 0 Å². The van der Waals surface area contributed by atoms with Gasteiger partial charge in [-0.1, -0.05) is 60.7 Å². The highest BCUT2D eigenvalue weighted by Crippen LogP contribution is 2.24. The summed E-state index contributed by atoms with van der Waals surface area (Å²) in [5, 5.41) is 0.572. The summed E-state index contributed by atoms with van der Waals surface area (Å²) in [6, 6.07) is 24.5. The number of pyridine rings is 1. The minimum Gasteiger partial charge on any atom is -0.334 e. The van der Waals surface area contributed by atoms with E-state index in [0.29, 0.717) is 23.0 Å². The zero-order chi connectivity index (χ0) is 25.0. The Morgan fingerprint density at radius 3 is 2.23 bits per heavy atom. The number of H-pyrrole nitrogens is 1. The molecule has 3 aromatic carbocycles.